The van der Waals surface area contributed by atoms with Gasteiger partial charge in [-0.3, -0.25) is 4.79 Å². The topological polar surface area (TPSA) is 74.3 Å². The Kier molecular flexibility index (Phi) is 11.5. The fourth-order valence-corrected chi connectivity index (χ4v) is 6.03. The number of hydrogen-bond donors (Lipinski definition) is 0. The lowest BCUT2D eigenvalue weighted by atomic mass is 10.0. The molecule has 0 amide bonds. The number of piperidine rings is 1. The van der Waals surface area contributed by atoms with Crippen LogP contribution in [0.4, 0.5) is 13.2 Å². The van der Waals surface area contributed by atoms with E-state index in [4.69, 9.17) is 18.9 Å². The lowest BCUT2D eigenvalue weighted by Crippen LogP contribution is -2.55. The van der Waals surface area contributed by atoms with Gasteiger partial charge < -0.3 is 18.9 Å². The monoisotopic (exact) mass is 555 g/mol. The van der Waals surface area contributed by atoms with Gasteiger partial charge in [-0.15, -0.1) is 0 Å². The third kappa shape index (κ3) is 9.51. The highest BCUT2D eigenvalue weighted by molar-refractivity contribution is 8.00. The number of carbonyl (C=O) groups is 1. The zero-order valence-corrected chi connectivity index (χ0v) is 23.0. The molecule has 1 unspecified atom stereocenters. The summed E-state index contributed by atoms with van der Waals surface area (Å²) in [6.45, 7) is 6.61. The molecule has 12 heteroatoms. The number of rotatable bonds is 12. The molecule has 7 nitrogen and oxygen atoms in total. The molecule has 1 saturated heterocycles. The minimum Gasteiger partial charge on any atom is -0.490 e. The van der Waals surface area contributed by atoms with Crippen molar-refractivity contribution in [3.63, 3.8) is 0 Å². The average Bonchev–Trinajstić information content (AvgIpc) is 2.79. The van der Waals surface area contributed by atoms with E-state index >= 15 is 0 Å². The van der Waals surface area contributed by atoms with Crippen LogP contribution in [0.25, 0.3) is 0 Å². The molecule has 0 aliphatic carbocycles. The van der Waals surface area contributed by atoms with E-state index in [1.165, 1.54) is 38.5 Å². The van der Waals surface area contributed by atoms with Crippen molar-refractivity contribution >= 4 is 28.7 Å². The largest absolute Gasteiger partial charge is 0.490 e. The average molecular weight is 556 g/mol. The van der Waals surface area contributed by atoms with Gasteiger partial charge >= 0.3 is 11.5 Å². The van der Waals surface area contributed by atoms with Crippen molar-refractivity contribution in [2.24, 2.45) is 0 Å². The van der Waals surface area contributed by atoms with Crippen LogP contribution in [0.3, 0.4) is 0 Å². The molecule has 2 rings (SSSR count). The molecule has 1 atom stereocenters. The Hall–Kier alpha value is -1.34. The Morgan fingerprint density at radius 3 is 2.00 bits per heavy atom. The molecule has 1 aromatic carbocycles. The summed E-state index contributed by atoms with van der Waals surface area (Å²) in [6, 6.07) is 5.78. The van der Waals surface area contributed by atoms with Crippen molar-refractivity contribution in [1.29, 1.82) is 0 Å². The Labute approximate surface area is 217 Å². The van der Waals surface area contributed by atoms with E-state index in [9.17, 15) is 22.2 Å². The molecule has 0 bridgehead atoms. The summed E-state index contributed by atoms with van der Waals surface area (Å²) in [5.74, 6) is -0.0676. The smallest absolute Gasteiger partial charge is 0.446 e. The fourth-order valence-electron chi connectivity index (χ4n) is 3.76. The number of carbonyl (C=O) groups excluding carboxylic acids is 1. The SMILES string of the molecule is COCCC(CCOC)(C(=O)OC(C)(C)C)S(=O)N1CCC(Oc2ccc(SC(F)(F)F)cc2)CC1. The van der Waals surface area contributed by atoms with Crippen molar-refractivity contribution in [1.82, 2.24) is 4.31 Å². The third-order valence-electron chi connectivity index (χ3n) is 5.52. The molecule has 1 fully saturated rings. The number of ether oxygens (including phenoxy) is 4. The number of halogens is 3. The standard InChI is InChI=1S/C24H36F3NO6S2/c1-22(2,3)34-21(29)23(12-16-31-4,13-17-32-5)36(30)28-14-10-19(11-15-28)33-18-6-8-20(9-7-18)35-24(25,26)27/h6-9,19H,10-17H2,1-5H3. The molecule has 0 N–H and O–H groups in total. The second-order valence-corrected chi connectivity index (χ2v) is 12.4. The van der Waals surface area contributed by atoms with Crippen LogP contribution in [0.15, 0.2) is 29.2 Å². The predicted octanol–water partition coefficient (Wildman–Crippen LogP) is 4.96. The van der Waals surface area contributed by atoms with Crippen LogP contribution in [-0.2, 0) is 30.0 Å². The Balaban J connectivity index is 2.08. The molecule has 0 aromatic heterocycles. The summed E-state index contributed by atoms with van der Waals surface area (Å²) >= 11 is -0.174. The highest BCUT2D eigenvalue weighted by atomic mass is 32.2. The van der Waals surface area contributed by atoms with E-state index in [0.717, 1.165) is 0 Å². The maximum absolute atomic E-state index is 13.9. The first-order chi connectivity index (χ1) is 16.8. The Morgan fingerprint density at radius 1 is 1.03 bits per heavy atom. The van der Waals surface area contributed by atoms with E-state index < -0.39 is 32.8 Å². The summed E-state index contributed by atoms with van der Waals surface area (Å²) in [4.78, 5) is 13.4. The quantitative estimate of drug-likeness (QED) is 0.267. The summed E-state index contributed by atoms with van der Waals surface area (Å²) < 4.78 is 74.0. The zero-order valence-electron chi connectivity index (χ0n) is 21.4. The fraction of sp³-hybridized carbons (Fsp3) is 0.708. The van der Waals surface area contributed by atoms with Crippen molar-refractivity contribution < 1.29 is 41.1 Å². The van der Waals surface area contributed by atoms with Crippen molar-refractivity contribution in [2.75, 3.05) is 40.5 Å². The van der Waals surface area contributed by atoms with Gasteiger partial charge in [-0.25, -0.2) is 8.51 Å². The number of hydrogen-bond acceptors (Lipinski definition) is 7. The van der Waals surface area contributed by atoms with Crippen molar-refractivity contribution in [3.05, 3.63) is 24.3 Å². The van der Waals surface area contributed by atoms with E-state index in [1.54, 1.807) is 25.1 Å². The second-order valence-electron chi connectivity index (χ2n) is 9.50. The van der Waals surface area contributed by atoms with E-state index in [-0.39, 0.29) is 48.8 Å². The van der Waals surface area contributed by atoms with Gasteiger partial charge in [0.05, 0.1) is 0 Å². The van der Waals surface area contributed by atoms with E-state index in [0.29, 0.717) is 31.7 Å². The normalized spacial score (nSPS) is 17.1. The first-order valence-corrected chi connectivity index (χ1v) is 13.6. The molecule has 36 heavy (non-hydrogen) atoms. The number of esters is 1. The summed E-state index contributed by atoms with van der Waals surface area (Å²) in [5.41, 5.74) is -5.09. The maximum Gasteiger partial charge on any atom is 0.446 e. The van der Waals surface area contributed by atoms with Crippen LogP contribution in [0.2, 0.25) is 0 Å². The van der Waals surface area contributed by atoms with E-state index in [2.05, 4.69) is 0 Å². The van der Waals surface area contributed by atoms with Crippen LogP contribution < -0.4 is 4.74 Å². The van der Waals surface area contributed by atoms with Crippen LogP contribution >= 0.6 is 11.8 Å². The summed E-state index contributed by atoms with van der Waals surface area (Å²) in [6.07, 6.45) is 1.33. The number of thioether (sulfide) groups is 1. The molecular formula is C24H36F3NO6S2. The van der Waals surface area contributed by atoms with Gasteiger partial charge in [0, 0.05) is 45.4 Å². The highest BCUT2D eigenvalue weighted by Gasteiger charge is 2.49. The molecule has 0 saturated carbocycles. The molecule has 1 aliphatic rings. The van der Waals surface area contributed by atoms with Gasteiger partial charge in [0.1, 0.15) is 28.4 Å². The predicted molar refractivity (Wildman–Crippen MR) is 133 cm³/mol. The van der Waals surface area contributed by atoms with E-state index in [1.807, 2.05) is 0 Å². The molecule has 1 aliphatic heterocycles. The first-order valence-electron chi connectivity index (χ1n) is 11.7. The van der Waals surface area contributed by atoms with Crippen molar-refractivity contribution in [3.8, 4) is 5.75 Å². The molecule has 1 heterocycles. The summed E-state index contributed by atoms with van der Waals surface area (Å²) in [7, 11) is 1.34. The lowest BCUT2D eigenvalue weighted by Gasteiger charge is -2.39. The minimum absolute atomic E-state index is 0.0886. The molecule has 1 aromatic rings. The van der Waals surface area contributed by atoms with Crippen LogP contribution in [-0.4, -0.2) is 77.0 Å². The number of benzene rings is 1. The Morgan fingerprint density at radius 2 is 1.56 bits per heavy atom. The number of methoxy groups -OCH3 is 2. The molecule has 0 spiro atoms. The molecule has 0 radical (unpaired) electrons. The summed E-state index contributed by atoms with van der Waals surface area (Å²) in [5, 5.41) is 0. The van der Waals surface area contributed by atoms with Crippen LogP contribution in [0.1, 0.15) is 46.5 Å². The van der Waals surface area contributed by atoms with Crippen LogP contribution in [0, 0.1) is 0 Å². The van der Waals surface area contributed by atoms with Crippen molar-refractivity contribution in [2.45, 2.75) is 73.3 Å². The number of nitrogens with zero attached hydrogens (tertiary/aromatic N) is 1. The lowest BCUT2D eigenvalue weighted by molar-refractivity contribution is -0.159. The number of alkyl halides is 3. The van der Waals surface area contributed by atoms with Gasteiger partial charge in [-0.1, -0.05) is 0 Å². The molecular weight excluding hydrogens is 519 g/mol. The highest BCUT2D eigenvalue weighted by Crippen LogP contribution is 2.37. The van der Waals surface area contributed by atoms with Gasteiger partial charge in [0.15, 0.2) is 4.75 Å². The third-order valence-corrected chi connectivity index (χ3v) is 8.34. The van der Waals surface area contributed by atoms with Gasteiger partial charge in [0.25, 0.3) is 0 Å². The van der Waals surface area contributed by atoms with Gasteiger partial charge in [-0.05, 0) is 82.5 Å². The Bertz CT molecular complexity index is 845. The minimum atomic E-state index is -4.34. The van der Waals surface area contributed by atoms with Crippen LogP contribution in [0.5, 0.6) is 5.75 Å². The second kappa shape index (κ2) is 13.5. The van der Waals surface area contributed by atoms with Gasteiger partial charge in [0.2, 0.25) is 0 Å². The zero-order chi connectivity index (χ0) is 27.0. The maximum atomic E-state index is 13.9. The molecule has 206 valence electrons. The first kappa shape index (κ1) is 30.9. The van der Waals surface area contributed by atoms with Gasteiger partial charge in [-0.2, -0.15) is 13.2 Å².